The molecule has 1 N–H and O–H groups in total. The van der Waals surface area contributed by atoms with Crippen LogP contribution in [0.25, 0.3) is 10.9 Å². The summed E-state index contributed by atoms with van der Waals surface area (Å²) in [4.78, 5) is 42.2. The second-order valence-electron chi connectivity index (χ2n) is 7.19. The summed E-state index contributed by atoms with van der Waals surface area (Å²) >= 11 is 0. The number of carbonyl (C=O) groups is 1. The van der Waals surface area contributed by atoms with E-state index in [1.807, 2.05) is 18.2 Å². The van der Waals surface area contributed by atoms with Crippen molar-refractivity contribution in [3.05, 3.63) is 111 Å². The highest BCUT2D eigenvalue weighted by atomic mass is 16.3. The van der Waals surface area contributed by atoms with Gasteiger partial charge in [-0.25, -0.2) is 4.79 Å². The number of para-hydroxylation sites is 1. The Morgan fingerprint density at radius 3 is 2.35 bits per heavy atom. The molecule has 0 saturated carbocycles. The van der Waals surface area contributed by atoms with E-state index in [-0.39, 0.29) is 24.4 Å². The Hall–Kier alpha value is -3.84. The number of Topliss-reactive ketones (excluding diaryl/α,β-unsaturated/α-hetero) is 1. The largest absolute Gasteiger partial charge is 0.388 e. The maximum Gasteiger partial charge on any atom is 0.331 e. The molecule has 7 heteroatoms. The predicted octanol–water partition coefficient (Wildman–Crippen LogP) is 2.02. The van der Waals surface area contributed by atoms with Gasteiger partial charge in [0.25, 0.3) is 5.56 Å². The third kappa shape index (κ3) is 4.22. The van der Waals surface area contributed by atoms with E-state index in [2.05, 4.69) is 4.98 Å². The zero-order chi connectivity index (χ0) is 21.8. The van der Waals surface area contributed by atoms with Gasteiger partial charge in [-0.3, -0.25) is 23.7 Å². The van der Waals surface area contributed by atoms with Crippen LogP contribution < -0.4 is 11.2 Å². The van der Waals surface area contributed by atoms with Crippen molar-refractivity contribution in [1.82, 2.24) is 14.1 Å². The highest BCUT2D eigenvalue weighted by Gasteiger charge is 2.14. The van der Waals surface area contributed by atoms with Crippen molar-refractivity contribution < 1.29 is 9.90 Å². The van der Waals surface area contributed by atoms with Crippen molar-refractivity contribution >= 4 is 16.7 Å². The van der Waals surface area contributed by atoms with Crippen LogP contribution >= 0.6 is 0 Å². The van der Waals surface area contributed by atoms with Gasteiger partial charge < -0.3 is 5.11 Å². The summed E-state index contributed by atoms with van der Waals surface area (Å²) in [6.45, 7) is -0.0784. The molecule has 0 saturated heterocycles. The third-order valence-corrected chi connectivity index (χ3v) is 5.21. The zero-order valence-corrected chi connectivity index (χ0v) is 16.8. The average Bonchev–Trinajstić information content (AvgIpc) is 2.82. The monoisotopic (exact) mass is 415 g/mol. The molecule has 0 amide bonds. The molecule has 0 aliphatic carbocycles. The summed E-state index contributed by atoms with van der Waals surface area (Å²) in [7, 11) is 0. The van der Waals surface area contributed by atoms with Crippen molar-refractivity contribution in [2.45, 2.75) is 19.5 Å². The van der Waals surface area contributed by atoms with Crippen LogP contribution in [0.4, 0.5) is 0 Å². The Balaban J connectivity index is 1.74. The van der Waals surface area contributed by atoms with Gasteiger partial charge in [0, 0.05) is 30.4 Å². The van der Waals surface area contributed by atoms with Crippen LogP contribution in [-0.4, -0.2) is 31.6 Å². The SMILES string of the molecule is O=C(CO)c1ccc(Cn2c(=O)n(CCc3ccccn3)c(=O)c3ccccc32)cc1. The van der Waals surface area contributed by atoms with Crippen LogP contribution in [0.3, 0.4) is 0 Å². The number of ketones is 1. The second-order valence-corrected chi connectivity index (χ2v) is 7.19. The minimum absolute atomic E-state index is 0.226. The number of fused-ring (bicyclic) bond motifs is 1. The van der Waals surface area contributed by atoms with Crippen molar-refractivity contribution in [1.29, 1.82) is 0 Å². The molecule has 2 aromatic carbocycles. The topological polar surface area (TPSA) is 94.2 Å². The smallest absolute Gasteiger partial charge is 0.331 e. The Bertz CT molecular complexity index is 1340. The lowest BCUT2D eigenvalue weighted by Gasteiger charge is -2.14. The maximum absolute atomic E-state index is 13.3. The third-order valence-electron chi connectivity index (χ3n) is 5.21. The molecular weight excluding hydrogens is 394 g/mol. The van der Waals surface area contributed by atoms with E-state index in [0.29, 0.717) is 22.9 Å². The first-order valence-corrected chi connectivity index (χ1v) is 9.94. The molecule has 0 radical (unpaired) electrons. The normalized spacial score (nSPS) is 11.0. The molecule has 0 bridgehead atoms. The predicted molar refractivity (Wildman–Crippen MR) is 117 cm³/mol. The molecule has 0 unspecified atom stereocenters. The molecule has 2 aromatic heterocycles. The van der Waals surface area contributed by atoms with E-state index in [4.69, 9.17) is 5.11 Å². The number of hydrogen-bond donors (Lipinski definition) is 1. The standard InChI is InChI=1S/C24H21N3O4/c28-16-22(29)18-10-8-17(9-11-18)15-27-21-7-2-1-6-20(21)23(30)26(24(27)31)14-12-19-5-3-4-13-25-19/h1-11,13,28H,12,14-16H2. The van der Waals surface area contributed by atoms with E-state index in [0.717, 1.165) is 11.3 Å². The summed E-state index contributed by atoms with van der Waals surface area (Å²) in [5, 5.41) is 9.47. The van der Waals surface area contributed by atoms with Gasteiger partial charge in [0.2, 0.25) is 0 Å². The van der Waals surface area contributed by atoms with E-state index < -0.39 is 12.3 Å². The molecule has 0 aliphatic rings. The van der Waals surface area contributed by atoms with Crippen LogP contribution in [0.1, 0.15) is 21.6 Å². The highest BCUT2D eigenvalue weighted by Crippen LogP contribution is 2.12. The summed E-state index contributed by atoms with van der Waals surface area (Å²) < 4.78 is 2.82. The van der Waals surface area contributed by atoms with E-state index in [1.165, 1.54) is 4.57 Å². The number of rotatable bonds is 7. The molecule has 0 spiro atoms. The lowest BCUT2D eigenvalue weighted by molar-refractivity contribution is 0.0903. The number of aryl methyl sites for hydroxylation is 1. The van der Waals surface area contributed by atoms with Crippen LogP contribution in [0.2, 0.25) is 0 Å². The molecular formula is C24H21N3O4. The van der Waals surface area contributed by atoms with Gasteiger partial charge >= 0.3 is 5.69 Å². The molecule has 4 rings (SSSR count). The first-order valence-electron chi connectivity index (χ1n) is 9.94. The number of pyridine rings is 1. The lowest BCUT2D eigenvalue weighted by atomic mass is 10.1. The molecule has 4 aromatic rings. The lowest BCUT2D eigenvalue weighted by Crippen LogP contribution is -2.40. The first kappa shape index (κ1) is 20.4. The van der Waals surface area contributed by atoms with Gasteiger partial charge in [-0.1, -0.05) is 42.5 Å². The molecule has 0 atom stereocenters. The van der Waals surface area contributed by atoms with Gasteiger partial charge in [0.15, 0.2) is 5.78 Å². The Kier molecular flexibility index (Phi) is 5.86. The first-order chi connectivity index (χ1) is 15.1. The molecule has 31 heavy (non-hydrogen) atoms. The molecule has 7 nitrogen and oxygen atoms in total. The number of aromatic nitrogens is 3. The summed E-state index contributed by atoms with van der Waals surface area (Å²) in [5.74, 6) is -0.364. The zero-order valence-electron chi connectivity index (χ0n) is 16.8. The number of aliphatic hydroxyl groups excluding tert-OH is 1. The van der Waals surface area contributed by atoms with Crippen LogP contribution in [0, 0.1) is 0 Å². The summed E-state index contributed by atoms with van der Waals surface area (Å²) in [6, 6.07) is 19.3. The van der Waals surface area contributed by atoms with E-state index in [1.54, 1.807) is 59.3 Å². The average molecular weight is 415 g/mol. The minimum atomic E-state index is -0.551. The molecule has 156 valence electrons. The molecule has 2 heterocycles. The quantitative estimate of drug-likeness (QED) is 0.466. The summed E-state index contributed by atoms with van der Waals surface area (Å²) in [6.07, 6.45) is 2.15. The number of nitrogens with zero attached hydrogens (tertiary/aromatic N) is 3. The van der Waals surface area contributed by atoms with Crippen molar-refractivity contribution in [2.24, 2.45) is 0 Å². The van der Waals surface area contributed by atoms with E-state index in [9.17, 15) is 14.4 Å². The van der Waals surface area contributed by atoms with Crippen molar-refractivity contribution in [3.8, 4) is 0 Å². The van der Waals surface area contributed by atoms with Gasteiger partial charge in [0.1, 0.15) is 6.61 Å². The van der Waals surface area contributed by atoms with Gasteiger partial charge in [-0.15, -0.1) is 0 Å². The summed E-state index contributed by atoms with van der Waals surface area (Å²) in [5.41, 5.74) is 1.85. The van der Waals surface area contributed by atoms with Crippen molar-refractivity contribution in [3.63, 3.8) is 0 Å². The number of aliphatic hydroxyl groups is 1. The fourth-order valence-electron chi connectivity index (χ4n) is 3.56. The number of benzene rings is 2. The van der Waals surface area contributed by atoms with Gasteiger partial charge in [-0.05, 0) is 29.8 Å². The van der Waals surface area contributed by atoms with E-state index >= 15 is 0 Å². The maximum atomic E-state index is 13.3. The Morgan fingerprint density at radius 1 is 0.903 bits per heavy atom. The van der Waals surface area contributed by atoms with Crippen LogP contribution in [0.15, 0.2) is 82.5 Å². The van der Waals surface area contributed by atoms with Gasteiger partial charge in [0.05, 0.1) is 17.4 Å². The Morgan fingerprint density at radius 2 is 1.65 bits per heavy atom. The minimum Gasteiger partial charge on any atom is -0.388 e. The Labute approximate surface area is 177 Å². The van der Waals surface area contributed by atoms with Gasteiger partial charge in [-0.2, -0.15) is 0 Å². The molecule has 0 aliphatic heterocycles. The van der Waals surface area contributed by atoms with Crippen LogP contribution in [0.5, 0.6) is 0 Å². The van der Waals surface area contributed by atoms with Crippen molar-refractivity contribution in [2.75, 3.05) is 6.61 Å². The number of carbonyl (C=O) groups excluding carboxylic acids is 1. The number of hydrogen-bond acceptors (Lipinski definition) is 5. The van der Waals surface area contributed by atoms with Crippen LogP contribution in [-0.2, 0) is 19.5 Å². The fourth-order valence-corrected chi connectivity index (χ4v) is 3.56. The second kappa shape index (κ2) is 8.89. The highest BCUT2D eigenvalue weighted by molar-refractivity contribution is 5.96. The fraction of sp³-hybridized carbons (Fsp3) is 0.167. The molecule has 0 fully saturated rings.